The Morgan fingerprint density at radius 1 is 0.451 bits per heavy atom. The van der Waals surface area contributed by atoms with E-state index in [-0.39, 0.29) is 23.3 Å². The number of nitrogens with zero attached hydrogens (tertiary/aromatic N) is 12. The maximum absolute atomic E-state index is 12.0. The molecule has 113 heavy (non-hydrogen) atoms. The van der Waals surface area contributed by atoms with Crippen molar-refractivity contribution in [3.63, 3.8) is 0 Å². The Morgan fingerprint density at radius 3 is 1.05 bits per heavy atom. The van der Waals surface area contributed by atoms with Crippen LogP contribution in [0.25, 0.3) is 66.9 Å². The lowest BCUT2D eigenvalue weighted by atomic mass is 10.0. The average molecular weight is 1610 g/mol. The van der Waals surface area contributed by atoms with Crippen LogP contribution in [0.1, 0.15) is 111 Å². The number of hydrogen-bond donors (Lipinski definition) is 6. The van der Waals surface area contributed by atoms with Gasteiger partial charge in [0.1, 0.15) is 17.5 Å². The van der Waals surface area contributed by atoms with Gasteiger partial charge < -0.3 is 76.3 Å². The first-order chi connectivity index (χ1) is 54.7. The number of benzene rings is 3. The third-order valence-electron chi connectivity index (χ3n) is 19.4. The molecule has 6 fully saturated rings. The zero-order chi connectivity index (χ0) is 80.5. The number of morpholine rings is 3. The highest BCUT2D eigenvalue weighted by molar-refractivity contribution is 7.99. The molecule has 9 N–H and O–H groups in total. The molecule has 29 nitrogen and oxygen atoms in total. The summed E-state index contributed by atoms with van der Waals surface area (Å²) in [6.45, 7) is 23.3. The van der Waals surface area contributed by atoms with Gasteiger partial charge in [-0.05, 0) is 138 Å². The number of nitrogens with two attached hydrogens (primary N) is 3. The maximum atomic E-state index is 12.0. The van der Waals surface area contributed by atoms with E-state index >= 15 is 0 Å². The highest BCUT2D eigenvalue weighted by Crippen LogP contribution is 2.38. The van der Waals surface area contributed by atoms with E-state index in [1.54, 1.807) is 51.5 Å². The number of hydrogen-bond acceptors (Lipinski definition) is 27. The van der Waals surface area contributed by atoms with E-state index in [1.807, 2.05) is 121 Å². The van der Waals surface area contributed by atoms with Gasteiger partial charge in [0, 0.05) is 153 Å². The van der Waals surface area contributed by atoms with Gasteiger partial charge in [-0.15, -0.1) is 0 Å². The molecule has 32 heteroatoms. The summed E-state index contributed by atoms with van der Waals surface area (Å²) < 4.78 is 57.0. The highest BCUT2D eigenvalue weighted by Gasteiger charge is 2.45. The summed E-state index contributed by atoms with van der Waals surface area (Å²) in [5.74, 6) is 6.79. The summed E-state index contributed by atoms with van der Waals surface area (Å²) in [7, 11) is 3.12. The second-order valence-corrected chi connectivity index (χ2v) is 32.0. The lowest BCUT2D eigenvalue weighted by molar-refractivity contribution is -0.0364. The lowest BCUT2D eigenvalue weighted by Crippen LogP contribution is -2.53. The Morgan fingerprint density at radius 2 is 0.779 bits per heavy atom. The van der Waals surface area contributed by atoms with Crippen molar-refractivity contribution in [1.29, 1.82) is 0 Å². The molecule has 606 valence electrons. The minimum Gasteiger partial charge on any atom is -0.383 e. The number of carbonyl (C=O) groups is 3. The molecule has 3 aromatic carbocycles. The standard InChI is InChI=1S/2C22H24N6O3S.C22H24N6O2S.3C5H12O/c2*1-24-20(29)15-4-2-3-14(11-15)17-6-5-16-18(23)26-21(27-19(16)25-17)28-8-9-31-22(12-28)7-10-32(30)13-22;1-24-20(29)15-4-2-3-14(11-15)17-6-5-16-18(23)26-21(27-19(16)25-17)28-8-9-30-22(12-28)7-10-31-13-22;3*1-3-5-6-4-2/h2*2-6,11H,7-10,12-13H2,1H3,(H,24,29)(H2,23,25,26,27);2-6,11H,7-10,12-13H2,1H3,(H,24,29)(H2,23,25,26,27);3*3-5H2,1-2H3/t2*22-,32?;;;;/m10..../s1. The molecule has 5 atom stereocenters. The van der Waals surface area contributed by atoms with Gasteiger partial charge in [0.25, 0.3) is 17.7 Å². The molecule has 0 aliphatic carbocycles. The number of carbonyl (C=O) groups excluding carboxylic acids is 3. The number of rotatable bonds is 18. The topological polar surface area (TPSA) is 381 Å². The number of amides is 3. The van der Waals surface area contributed by atoms with Gasteiger partial charge in [-0.2, -0.15) is 41.7 Å². The summed E-state index contributed by atoms with van der Waals surface area (Å²) in [5.41, 5.74) is 25.6. The average Bonchev–Trinajstić information content (AvgIpc) is 1.61. The molecule has 9 aromatic rings. The Kier molecular flexibility index (Phi) is 31.8. The summed E-state index contributed by atoms with van der Waals surface area (Å²) >= 11 is 1.93. The predicted molar refractivity (Wildman–Crippen MR) is 452 cm³/mol. The molecular formula is C81H108N18O11S3. The van der Waals surface area contributed by atoms with E-state index in [1.165, 1.54) is 0 Å². The fraction of sp³-hybridized carbons (Fsp3) is 0.481. The van der Waals surface area contributed by atoms with E-state index in [2.05, 4.69) is 56.6 Å². The zero-order valence-corrected chi connectivity index (χ0v) is 68.7. The maximum Gasteiger partial charge on any atom is 0.251 e. The van der Waals surface area contributed by atoms with Gasteiger partial charge >= 0.3 is 0 Å². The number of nitrogen functional groups attached to an aromatic ring is 3. The second kappa shape index (κ2) is 41.7. The third kappa shape index (κ3) is 22.8. The fourth-order valence-electron chi connectivity index (χ4n) is 13.6. The fourth-order valence-corrected chi connectivity index (χ4v) is 18.2. The van der Waals surface area contributed by atoms with Crippen molar-refractivity contribution in [2.45, 2.75) is 96.9 Å². The Hall–Kier alpha value is -9.25. The summed E-state index contributed by atoms with van der Waals surface area (Å²) in [5, 5.41) is 9.97. The highest BCUT2D eigenvalue weighted by atomic mass is 32.2. The van der Waals surface area contributed by atoms with E-state index in [9.17, 15) is 22.8 Å². The van der Waals surface area contributed by atoms with Gasteiger partial charge in [0.05, 0.1) is 101 Å². The zero-order valence-electron chi connectivity index (χ0n) is 66.3. The van der Waals surface area contributed by atoms with Crippen molar-refractivity contribution in [2.75, 3.05) is 186 Å². The number of thioether (sulfide) groups is 1. The predicted octanol–water partition coefficient (Wildman–Crippen LogP) is 9.37. The van der Waals surface area contributed by atoms with Crippen molar-refractivity contribution in [2.24, 2.45) is 0 Å². The monoisotopic (exact) mass is 1600 g/mol. The molecule has 6 aliphatic heterocycles. The van der Waals surface area contributed by atoms with Crippen LogP contribution in [0, 0.1) is 0 Å². The van der Waals surface area contributed by atoms with E-state index < -0.39 is 32.8 Å². The van der Waals surface area contributed by atoms with Gasteiger partial charge in [-0.1, -0.05) is 57.2 Å². The summed E-state index contributed by atoms with van der Waals surface area (Å²) in [6, 6.07) is 33.1. The van der Waals surface area contributed by atoms with Gasteiger partial charge in [0.2, 0.25) is 17.8 Å². The third-order valence-corrected chi connectivity index (χ3v) is 23.7. The molecule has 0 bridgehead atoms. The number of pyridine rings is 3. The Balaban J connectivity index is 0.000000161. The molecule has 12 heterocycles. The first-order valence-corrected chi connectivity index (χ1v) is 42.8. The summed E-state index contributed by atoms with van der Waals surface area (Å²) in [4.78, 5) is 84.2. The first-order valence-electron chi connectivity index (χ1n) is 38.7. The van der Waals surface area contributed by atoms with Crippen LogP contribution in [0.4, 0.5) is 35.3 Å². The van der Waals surface area contributed by atoms with Gasteiger partial charge in [0.15, 0.2) is 16.9 Å². The van der Waals surface area contributed by atoms with Crippen LogP contribution in [0.5, 0.6) is 0 Å². The Bertz CT molecular complexity index is 4540. The van der Waals surface area contributed by atoms with Gasteiger partial charge in [-0.25, -0.2) is 15.0 Å². The quantitative estimate of drug-likeness (QED) is 0.0435. The van der Waals surface area contributed by atoms with Crippen LogP contribution < -0.4 is 47.9 Å². The van der Waals surface area contributed by atoms with Crippen LogP contribution in [0.2, 0.25) is 0 Å². The molecular weight excluding hydrogens is 1500 g/mol. The Labute approximate surface area is 670 Å². The SMILES string of the molecule is CCCOCC.CCCOCC.CCCOCC.CNC(=O)c1cccc(-c2ccc3c(N)nc(N4CCOC5(CCSC5)C4)nc3n2)c1.CNC(=O)c1cccc(-c2ccc3c(N)nc(N4CCO[C@@]5(CCS(=O)C5)C4)nc3n2)c1.CNC(=O)c1cccc(-c2ccc3c(N)nc(N4CCO[C@]5(CCS(=O)C5)C4)nc3n2)c1. The van der Waals surface area contributed by atoms with Crippen LogP contribution in [-0.4, -0.2) is 242 Å². The van der Waals surface area contributed by atoms with Crippen molar-refractivity contribution < 1.29 is 51.2 Å². The van der Waals surface area contributed by atoms with E-state index in [0.717, 1.165) is 125 Å². The molecule has 6 aliphatic rings. The van der Waals surface area contributed by atoms with Crippen LogP contribution in [-0.2, 0) is 50.0 Å². The van der Waals surface area contributed by atoms with Crippen LogP contribution >= 0.6 is 11.8 Å². The first kappa shape index (κ1) is 86.2. The van der Waals surface area contributed by atoms with Crippen LogP contribution in [0.3, 0.4) is 0 Å². The molecule has 6 saturated heterocycles. The van der Waals surface area contributed by atoms with Crippen molar-refractivity contribution in [3.05, 3.63) is 126 Å². The van der Waals surface area contributed by atoms with Crippen molar-refractivity contribution in [1.82, 2.24) is 60.8 Å². The van der Waals surface area contributed by atoms with Gasteiger partial charge in [-0.3, -0.25) is 22.8 Å². The molecule has 3 spiro atoms. The number of ether oxygens (including phenoxy) is 6. The van der Waals surface area contributed by atoms with Crippen molar-refractivity contribution >= 4 is 119 Å². The minimum absolute atomic E-state index is 0.119. The molecule has 6 aromatic heterocycles. The molecule has 15 rings (SSSR count). The normalized spacial score (nSPS) is 20.2. The largest absolute Gasteiger partial charge is 0.383 e. The summed E-state index contributed by atoms with van der Waals surface area (Å²) in [6.07, 6.45) is 5.98. The lowest BCUT2D eigenvalue weighted by Gasteiger charge is -2.40. The van der Waals surface area contributed by atoms with Crippen LogP contribution in [0.15, 0.2) is 109 Å². The number of anilines is 6. The number of fused-ring (bicyclic) bond motifs is 3. The molecule has 0 radical (unpaired) electrons. The second-order valence-electron chi connectivity index (χ2n) is 27.7. The molecule has 0 saturated carbocycles. The van der Waals surface area contributed by atoms with Crippen molar-refractivity contribution in [3.8, 4) is 33.8 Å². The number of nitrogens with one attached hydrogen (secondary N) is 3. The number of aromatic nitrogens is 9. The minimum atomic E-state index is -0.846. The van der Waals surface area contributed by atoms with E-state index in [0.29, 0.717) is 165 Å². The molecule has 3 unspecified atom stereocenters. The van der Waals surface area contributed by atoms with E-state index in [4.69, 9.17) is 75.5 Å². The molecule has 3 amide bonds. The smallest absolute Gasteiger partial charge is 0.251 e.